The molecule has 1 fully saturated rings. The van der Waals surface area contributed by atoms with E-state index >= 15 is 0 Å². The number of rotatable bonds is 7. The minimum Gasteiger partial charge on any atom is -0.494 e. The van der Waals surface area contributed by atoms with Gasteiger partial charge in [-0.05, 0) is 36.4 Å². The highest BCUT2D eigenvalue weighted by Gasteiger charge is 2.35. The number of methoxy groups -OCH3 is 2. The summed E-state index contributed by atoms with van der Waals surface area (Å²) in [4.78, 5) is 39.5. The van der Waals surface area contributed by atoms with Gasteiger partial charge in [0, 0.05) is 36.3 Å². The third-order valence-corrected chi connectivity index (χ3v) is 5.70. The molecule has 180 valence electrons. The Labute approximate surface area is 201 Å². The molecule has 0 unspecified atom stereocenters. The lowest BCUT2D eigenvalue weighted by Crippen LogP contribution is -2.28. The second kappa shape index (κ2) is 10.3. The molecule has 3 aromatic carbocycles. The fourth-order valence-corrected chi connectivity index (χ4v) is 3.87. The fourth-order valence-electron chi connectivity index (χ4n) is 3.87. The van der Waals surface area contributed by atoms with Crippen molar-refractivity contribution in [3.8, 4) is 11.5 Å². The molecule has 3 amide bonds. The first kappa shape index (κ1) is 23.7. The number of nitrogens with zero attached hydrogens (tertiary/aromatic N) is 1. The molecule has 9 heteroatoms. The van der Waals surface area contributed by atoms with Crippen LogP contribution in [0.4, 0.5) is 21.5 Å². The maximum absolute atomic E-state index is 13.2. The largest absolute Gasteiger partial charge is 0.494 e. The molecule has 3 aromatic rings. The van der Waals surface area contributed by atoms with Crippen LogP contribution in [-0.2, 0) is 9.59 Å². The molecule has 2 N–H and O–H groups in total. The Morgan fingerprint density at radius 2 is 1.51 bits per heavy atom. The van der Waals surface area contributed by atoms with Crippen LogP contribution in [0.5, 0.6) is 11.5 Å². The van der Waals surface area contributed by atoms with Crippen LogP contribution < -0.4 is 25.0 Å². The van der Waals surface area contributed by atoms with Crippen molar-refractivity contribution in [2.24, 2.45) is 5.92 Å². The lowest BCUT2D eigenvalue weighted by molar-refractivity contribution is -0.122. The van der Waals surface area contributed by atoms with Crippen LogP contribution in [0, 0.1) is 11.7 Å². The molecule has 8 nitrogen and oxygen atoms in total. The van der Waals surface area contributed by atoms with E-state index in [-0.39, 0.29) is 30.7 Å². The number of benzene rings is 3. The highest BCUT2D eigenvalue weighted by atomic mass is 19.1. The summed E-state index contributed by atoms with van der Waals surface area (Å²) in [5.74, 6) is -1.30. The molecule has 1 saturated heterocycles. The van der Waals surface area contributed by atoms with Crippen molar-refractivity contribution in [1.82, 2.24) is 0 Å². The Morgan fingerprint density at radius 1 is 0.914 bits per heavy atom. The summed E-state index contributed by atoms with van der Waals surface area (Å²) >= 11 is 0. The number of hydrogen-bond donors (Lipinski definition) is 2. The summed E-state index contributed by atoms with van der Waals surface area (Å²) < 4.78 is 24.1. The molecule has 0 aliphatic carbocycles. The van der Waals surface area contributed by atoms with Crippen LogP contribution in [0.2, 0.25) is 0 Å². The molecule has 1 aliphatic heterocycles. The van der Waals surface area contributed by atoms with Crippen LogP contribution in [0.25, 0.3) is 0 Å². The summed E-state index contributed by atoms with van der Waals surface area (Å²) in [5, 5.41) is 5.58. The molecule has 35 heavy (non-hydrogen) atoms. The monoisotopic (exact) mass is 477 g/mol. The van der Waals surface area contributed by atoms with Crippen LogP contribution in [0.3, 0.4) is 0 Å². The average Bonchev–Trinajstić information content (AvgIpc) is 3.27. The van der Waals surface area contributed by atoms with E-state index in [0.717, 1.165) is 0 Å². The average molecular weight is 477 g/mol. The van der Waals surface area contributed by atoms with Gasteiger partial charge < -0.3 is 25.0 Å². The third kappa shape index (κ3) is 5.24. The number of halogens is 1. The summed E-state index contributed by atoms with van der Waals surface area (Å²) in [6, 6.07) is 17.4. The van der Waals surface area contributed by atoms with E-state index < -0.39 is 11.7 Å². The Hall–Kier alpha value is -4.40. The van der Waals surface area contributed by atoms with Gasteiger partial charge in [0.1, 0.15) is 17.3 Å². The van der Waals surface area contributed by atoms with E-state index in [9.17, 15) is 18.8 Å². The number of carbonyl (C=O) groups is 3. The minimum atomic E-state index is -0.610. The van der Waals surface area contributed by atoms with E-state index in [4.69, 9.17) is 9.47 Å². The number of hydrogen-bond acceptors (Lipinski definition) is 5. The van der Waals surface area contributed by atoms with E-state index in [1.807, 2.05) is 6.07 Å². The van der Waals surface area contributed by atoms with Gasteiger partial charge in [0.15, 0.2) is 0 Å². The third-order valence-electron chi connectivity index (χ3n) is 5.70. The summed E-state index contributed by atoms with van der Waals surface area (Å²) in [7, 11) is 2.89. The van der Waals surface area contributed by atoms with Gasteiger partial charge in [0.25, 0.3) is 5.91 Å². The topological polar surface area (TPSA) is 97.0 Å². The van der Waals surface area contributed by atoms with Gasteiger partial charge in [0.2, 0.25) is 11.8 Å². The normalized spacial score (nSPS) is 15.0. The van der Waals surface area contributed by atoms with Crippen molar-refractivity contribution in [2.45, 2.75) is 6.42 Å². The van der Waals surface area contributed by atoms with Crippen molar-refractivity contribution < 1.29 is 28.2 Å². The van der Waals surface area contributed by atoms with E-state index in [1.165, 1.54) is 43.4 Å². The van der Waals surface area contributed by atoms with Gasteiger partial charge in [-0.1, -0.05) is 18.2 Å². The first-order valence-corrected chi connectivity index (χ1v) is 10.9. The van der Waals surface area contributed by atoms with E-state index in [2.05, 4.69) is 10.6 Å². The predicted molar refractivity (Wildman–Crippen MR) is 129 cm³/mol. The van der Waals surface area contributed by atoms with Crippen molar-refractivity contribution in [3.05, 3.63) is 78.1 Å². The van der Waals surface area contributed by atoms with Crippen molar-refractivity contribution in [3.63, 3.8) is 0 Å². The summed E-state index contributed by atoms with van der Waals surface area (Å²) in [6.07, 6.45) is 0.0217. The van der Waals surface area contributed by atoms with Gasteiger partial charge in [-0.3, -0.25) is 14.4 Å². The minimum absolute atomic E-state index is 0.0217. The highest BCUT2D eigenvalue weighted by Crippen LogP contribution is 2.37. The molecule has 1 atom stereocenters. The quantitative estimate of drug-likeness (QED) is 0.534. The smallest absolute Gasteiger partial charge is 0.255 e. The first-order valence-electron chi connectivity index (χ1n) is 10.9. The van der Waals surface area contributed by atoms with Gasteiger partial charge >= 0.3 is 0 Å². The number of amides is 3. The molecule has 0 radical (unpaired) electrons. The molecule has 0 bridgehead atoms. The molecule has 0 saturated carbocycles. The summed E-state index contributed by atoms with van der Waals surface area (Å²) in [6.45, 7) is 0.168. The molecule has 0 aromatic heterocycles. The number of anilines is 3. The Morgan fingerprint density at radius 3 is 2.11 bits per heavy atom. The fraction of sp³-hybridized carbons (Fsp3) is 0.192. The Balaban J connectivity index is 1.50. The van der Waals surface area contributed by atoms with Gasteiger partial charge in [0.05, 0.1) is 31.5 Å². The molecule has 1 aliphatic rings. The second-order valence-corrected chi connectivity index (χ2v) is 7.94. The Kier molecular flexibility index (Phi) is 6.96. The molecular weight excluding hydrogens is 453 g/mol. The molecule has 0 spiro atoms. The number of ether oxygens (including phenoxy) is 2. The molecular formula is C26H24FN3O5. The Bertz CT molecular complexity index is 1250. The van der Waals surface area contributed by atoms with Gasteiger partial charge in [-0.25, -0.2) is 4.39 Å². The number of carbonyl (C=O) groups excluding carboxylic acids is 3. The standard InChI is InChI=1S/C26H24FN3O5/c1-34-22-14-21(23(35-2)13-20(22)28-25(32)16-6-4-3-5-7-16)29-26(33)17-12-24(31)30(15-17)19-10-8-18(27)9-11-19/h3-11,13-14,17H,12,15H2,1-2H3,(H,28,32)(H,29,33)/t17-/m1/s1. The zero-order valence-electron chi connectivity index (χ0n) is 19.2. The molecule has 4 rings (SSSR count). The van der Waals surface area contributed by atoms with Crippen molar-refractivity contribution in [1.29, 1.82) is 0 Å². The lowest BCUT2D eigenvalue weighted by Gasteiger charge is -2.18. The van der Waals surface area contributed by atoms with E-state index in [0.29, 0.717) is 34.1 Å². The zero-order valence-corrected chi connectivity index (χ0v) is 19.2. The summed E-state index contributed by atoms with van der Waals surface area (Å²) in [5.41, 5.74) is 1.71. The maximum atomic E-state index is 13.2. The zero-order chi connectivity index (χ0) is 24.9. The van der Waals surface area contributed by atoms with Gasteiger partial charge in [-0.2, -0.15) is 0 Å². The van der Waals surface area contributed by atoms with Crippen molar-refractivity contribution >= 4 is 34.8 Å². The maximum Gasteiger partial charge on any atom is 0.255 e. The van der Waals surface area contributed by atoms with Gasteiger partial charge in [-0.15, -0.1) is 0 Å². The van der Waals surface area contributed by atoms with Crippen molar-refractivity contribution in [2.75, 3.05) is 36.3 Å². The lowest BCUT2D eigenvalue weighted by atomic mass is 10.1. The van der Waals surface area contributed by atoms with E-state index in [1.54, 1.807) is 36.4 Å². The van der Waals surface area contributed by atoms with Crippen LogP contribution >= 0.6 is 0 Å². The second-order valence-electron chi connectivity index (χ2n) is 7.94. The SMILES string of the molecule is COc1cc(NC(=O)[C@@H]2CC(=O)N(c3ccc(F)cc3)C2)c(OC)cc1NC(=O)c1ccccc1. The molecule has 1 heterocycles. The van der Waals surface area contributed by atoms with Crippen LogP contribution in [-0.4, -0.2) is 38.5 Å². The predicted octanol–water partition coefficient (Wildman–Crippen LogP) is 4.09. The van der Waals surface area contributed by atoms with Crippen LogP contribution in [0.1, 0.15) is 16.8 Å². The first-order chi connectivity index (χ1) is 16.9. The highest BCUT2D eigenvalue weighted by molar-refractivity contribution is 6.06. The number of nitrogens with one attached hydrogen (secondary N) is 2. The van der Waals surface area contributed by atoms with Crippen LogP contribution in [0.15, 0.2) is 66.7 Å².